The molecule has 0 saturated carbocycles. The second-order valence-electron chi connectivity index (χ2n) is 8.68. The van der Waals surface area contributed by atoms with Crippen LogP contribution in [0.15, 0.2) is 24.3 Å². The molecule has 164 valence electrons. The van der Waals surface area contributed by atoms with Crippen molar-refractivity contribution in [3.05, 3.63) is 24.3 Å². The lowest BCUT2D eigenvalue weighted by atomic mass is 9.94. The summed E-state index contributed by atoms with van der Waals surface area (Å²) in [5.41, 5.74) is 1.12. The molecule has 0 radical (unpaired) electrons. The van der Waals surface area contributed by atoms with E-state index in [4.69, 9.17) is 14.2 Å². The molecule has 1 aromatic heterocycles. The Morgan fingerprint density at radius 1 is 1.13 bits per heavy atom. The van der Waals surface area contributed by atoms with Crippen LogP contribution in [0.1, 0.15) is 53.4 Å². The highest BCUT2D eigenvalue weighted by atomic mass is 16.6. The van der Waals surface area contributed by atoms with Crippen molar-refractivity contribution in [2.75, 3.05) is 26.3 Å². The number of rotatable bonds is 7. The van der Waals surface area contributed by atoms with Gasteiger partial charge in [-0.3, -0.25) is 0 Å². The zero-order valence-corrected chi connectivity index (χ0v) is 18.5. The van der Waals surface area contributed by atoms with Gasteiger partial charge in [-0.1, -0.05) is 12.1 Å². The average molecular weight is 416 g/mol. The lowest BCUT2D eigenvalue weighted by molar-refractivity contribution is 0.0159. The van der Waals surface area contributed by atoms with Crippen molar-refractivity contribution < 1.29 is 19.0 Å². The summed E-state index contributed by atoms with van der Waals surface area (Å²) < 4.78 is 17.1. The van der Waals surface area contributed by atoms with Crippen LogP contribution >= 0.6 is 0 Å². The molecule has 1 fully saturated rings. The van der Waals surface area contributed by atoms with Gasteiger partial charge in [0.15, 0.2) is 0 Å². The molecule has 0 N–H and O–H groups in total. The molecule has 1 aliphatic heterocycles. The normalized spacial score (nSPS) is 17.1. The summed E-state index contributed by atoms with van der Waals surface area (Å²) in [5, 5.41) is 0. The highest BCUT2D eigenvalue weighted by molar-refractivity contribution is 5.75. The maximum absolute atomic E-state index is 12.3. The lowest BCUT2D eigenvalue weighted by Crippen LogP contribution is -2.42. The maximum Gasteiger partial charge on any atom is 0.410 e. The fourth-order valence-corrected chi connectivity index (χ4v) is 3.63. The quantitative estimate of drug-likeness (QED) is 0.603. The summed E-state index contributed by atoms with van der Waals surface area (Å²) in [6, 6.07) is 7.69. The molecule has 3 rings (SSSR count). The van der Waals surface area contributed by atoms with Crippen LogP contribution in [0, 0.1) is 5.92 Å². The minimum absolute atomic E-state index is 0.212. The van der Waals surface area contributed by atoms with Gasteiger partial charge < -0.3 is 19.1 Å². The minimum Gasteiger partial charge on any atom is -0.474 e. The van der Waals surface area contributed by atoms with E-state index in [9.17, 15) is 4.79 Å². The fourth-order valence-electron chi connectivity index (χ4n) is 3.63. The first kappa shape index (κ1) is 22.1. The molecule has 7 nitrogen and oxygen atoms in total. The van der Waals surface area contributed by atoms with Crippen molar-refractivity contribution in [1.82, 2.24) is 14.9 Å². The zero-order valence-electron chi connectivity index (χ0n) is 18.5. The number of carbonyl (C=O) groups excluding carboxylic acids is 1. The van der Waals surface area contributed by atoms with E-state index in [-0.39, 0.29) is 6.09 Å². The standard InChI is InChI=1S/C23H33N3O4/c1-5-28-20-21(25-19-13-7-6-12-18(19)24-20)29-15-9-11-17-10-8-14-26(16-17)22(27)30-23(2,3)4/h6-7,12-13,17H,5,8-11,14-16H2,1-4H3/t17-/m1/s1. The molecule has 1 aliphatic rings. The number of carbonyl (C=O) groups is 1. The van der Waals surface area contributed by atoms with Crippen molar-refractivity contribution >= 4 is 17.1 Å². The van der Waals surface area contributed by atoms with Crippen molar-refractivity contribution in [3.8, 4) is 11.8 Å². The largest absolute Gasteiger partial charge is 0.474 e. The monoisotopic (exact) mass is 415 g/mol. The summed E-state index contributed by atoms with van der Waals surface area (Å²) in [4.78, 5) is 23.3. The highest BCUT2D eigenvalue weighted by Gasteiger charge is 2.27. The molecule has 0 spiro atoms. The van der Waals surface area contributed by atoms with E-state index < -0.39 is 5.60 Å². The van der Waals surface area contributed by atoms with E-state index in [2.05, 4.69) is 9.97 Å². The smallest absolute Gasteiger partial charge is 0.410 e. The van der Waals surface area contributed by atoms with Gasteiger partial charge >= 0.3 is 6.09 Å². The number of piperidine rings is 1. The van der Waals surface area contributed by atoms with Crippen LogP contribution in [0.3, 0.4) is 0 Å². The number of hydrogen-bond acceptors (Lipinski definition) is 6. The van der Waals surface area contributed by atoms with Gasteiger partial charge in [-0.25, -0.2) is 14.8 Å². The van der Waals surface area contributed by atoms with E-state index in [0.717, 1.165) is 49.8 Å². The Labute approximate surface area is 178 Å². The number of hydrogen-bond donors (Lipinski definition) is 0. The Bertz CT molecular complexity index is 850. The minimum atomic E-state index is -0.461. The predicted molar refractivity (Wildman–Crippen MR) is 116 cm³/mol. The van der Waals surface area contributed by atoms with E-state index in [1.54, 1.807) is 0 Å². The Kier molecular flexibility index (Phi) is 7.34. The Morgan fingerprint density at radius 2 is 1.80 bits per heavy atom. The van der Waals surface area contributed by atoms with Crippen LogP contribution in [0.2, 0.25) is 0 Å². The van der Waals surface area contributed by atoms with Crippen molar-refractivity contribution in [1.29, 1.82) is 0 Å². The summed E-state index contributed by atoms with van der Waals surface area (Å²) in [6.07, 6.45) is 3.79. The molecular formula is C23H33N3O4. The molecule has 2 heterocycles. The van der Waals surface area contributed by atoms with Gasteiger partial charge in [0, 0.05) is 13.1 Å². The third-order valence-electron chi connectivity index (χ3n) is 4.96. The summed E-state index contributed by atoms with van der Waals surface area (Å²) >= 11 is 0. The fraction of sp³-hybridized carbons (Fsp3) is 0.609. The lowest BCUT2D eigenvalue weighted by Gasteiger charge is -2.34. The molecule has 30 heavy (non-hydrogen) atoms. The van der Waals surface area contributed by atoms with Crippen LogP contribution in [0.25, 0.3) is 11.0 Å². The van der Waals surface area contributed by atoms with Gasteiger partial charge in [0.2, 0.25) is 0 Å². The van der Waals surface area contributed by atoms with Gasteiger partial charge in [-0.15, -0.1) is 0 Å². The third kappa shape index (κ3) is 6.21. The van der Waals surface area contributed by atoms with Gasteiger partial charge in [0.25, 0.3) is 11.8 Å². The van der Waals surface area contributed by atoms with Gasteiger partial charge in [-0.05, 0) is 71.4 Å². The van der Waals surface area contributed by atoms with Gasteiger partial charge in [-0.2, -0.15) is 0 Å². The molecule has 1 saturated heterocycles. The van der Waals surface area contributed by atoms with E-state index >= 15 is 0 Å². The van der Waals surface area contributed by atoms with Crippen molar-refractivity contribution in [3.63, 3.8) is 0 Å². The van der Waals surface area contributed by atoms with Gasteiger partial charge in [0.05, 0.1) is 24.2 Å². The molecule has 1 aromatic carbocycles. The first-order chi connectivity index (χ1) is 14.4. The Morgan fingerprint density at radius 3 is 2.43 bits per heavy atom. The number of para-hydroxylation sites is 2. The number of fused-ring (bicyclic) bond motifs is 1. The first-order valence-corrected chi connectivity index (χ1v) is 10.9. The number of aromatic nitrogens is 2. The molecular weight excluding hydrogens is 382 g/mol. The van der Waals surface area contributed by atoms with Crippen LogP contribution < -0.4 is 9.47 Å². The summed E-state index contributed by atoms with van der Waals surface area (Å²) in [6.45, 7) is 10.2. The highest BCUT2D eigenvalue weighted by Crippen LogP contribution is 2.27. The Balaban J connectivity index is 1.51. The first-order valence-electron chi connectivity index (χ1n) is 10.9. The topological polar surface area (TPSA) is 73.8 Å². The molecule has 2 aromatic rings. The van der Waals surface area contributed by atoms with E-state index in [1.165, 1.54) is 0 Å². The van der Waals surface area contributed by atoms with E-state index in [1.807, 2.05) is 56.9 Å². The Hall–Kier alpha value is -2.57. The molecule has 7 heteroatoms. The number of likely N-dealkylation sites (tertiary alicyclic amines) is 1. The molecule has 0 aliphatic carbocycles. The summed E-state index contributed by atoms with van der Waals surface area (Å²) in [7, 11) is 0. The van der Waals surface area contributed by atoms with Crippen LogP contribution in [0.4, 0.5) is 4.79 Å². The second-order valence-corrected chi connectivity index (χ2v) is 8.68. The zero-order chi connectivity index (χ0) is 21.6. The molecule has 1 atom stereocenters. The molecule has 1 amide bonds. The third-order valence-corrected chi connectivity index (χ3v) is 4.96. The van der Waals surface area contributed by atoms with E-state index in [0.29, 0.717) is 30.9 Å². The number of nitrogens with zero attached hydrogens (tertiary/aromatic N) is 3. The number of benzene rings is 1. The number of ether oxygens (including phenoxy) is 3. The van der Waals surface area contributed by atoms with Crippen LogP contribution in [-0.4, -0.2) is 52.9 Å². The van der Waals surface area contributed by atoms with Crippen LogP contribution in [-0.2, 0) is 4.74 Å². The number of amides is 1. The molecule has 0 bridgehead atoms. The van der Waals surface area contributed by atoms with Gasteiger partial charge in [0.1, 0.15) is 5.60 Å². The summed E-state index contributed by atoms with van der Waals surface area (Å²) in [5.74, 6) is 1.34. The second kappa shape index (κ2) is 9.96. The predicted octanol–water partition coefficient (Wildman–Crippen LogP) is 4.83. The van der Waals surface area contributed by atoms with Crippen molar-refractivity contribution in [2.24, 2.45) is 5.92 Å². The van der Waals surface area contributed by atoms with Crippen LogP contribution in [0.5, 0.6) is 11.8 Å². The molecule has 0 unspecified atom stereocenters. The maximum atomic E-state index is 12.3. The van der Waals surface area contributed by atoms with Crippen molar-refractivity contribution in [2.45, 2.75) is 59.0 Å². The SMILES string of the molecule is CCOc1nc2ccccc2nc1OCCC[C@H]1CCCN(C(=O)OC(C)(C)C)C1. The average Bonchev–Trinajstić information content (AvgIpc) is 2.70.